The van der Waals surface area contributed by atoms with Gasteiger partial charge in [-0.2, -0.15) is 0 Å². The fourth-order valence-electron chi connectivity index (χ4n) is 4.28. The monoisotopic (exact) mass is 493 g/mol. The van der Waals surface area contributed by atoms with Gasteiger partial charge >= 0.3 is 0 Å². The summed E-state index contributed by atoms with van der Waals surface area (Å²) < 4.78 is 11.5. The average Bonchev–Trinajstić information content (AvgIpc) is 3.07. The number of rotatable bonds is 10. The molecule has 0 radical (unpaired) electrons. The summed E-state index contributed by atoms with van der Waals surface area (Å²) in [6.07, 6.45) is 0.00463. The van der Waals surface area contributed by atoms with Crippen LogP contribution in [0.5, 0.6) is 5.75 Å². The highest BCUT2D eigenvalue weighted by Crippen LogP contribution is 2.40. The molecule has 1 amide bonds. The Labute approximate surface area is 214 Å². The summed E-state index contributed by atoms with van der Waals surface area (Å²) in [6, 6.07) is 12.5. The van der Waals surface area contributed by atoms with Crippen LogP contribution in [0.3, 0.4) is 0 Å². The van der Waals surface area contributed by atoms with Crippen molar-refractivity contribution in [3.05, 3.63) is 70.3 Å². The largest absolute Gasteiger partial charge is 0.507 e. The van der Waals surface area contributed by atoms with Gasteiger partial charge in [0.25, 0.3) is 11.7 Å². The lowest BCUT2D eigenvalue weighted by Gasteiger charge is -2.26. The first-order valence-electron chi connectivity index (χ1n) is 12.7. The minimum Gasteiger partial charge on any atom is -0.507 e. The fourth-order valence-corrected chi connectivity index (χ4v) is 4.28. The van der Waals surface area contributed by atoms with Crippen LogP contribution in [0.25, 0.3) is 5.76 Å². The normalized spacial score (nSPS) is 17.6. The maximum Gasteiger partial charge on any atom is 0.295 e. The molecule has 1 fully saturated rings. The molecule has 1 heterocycles. The number of Topliss-reactive ketones (excluding diaryl/α,β-unsaturated/α-hetero) is 1. The van der Waals surface area contributed by atoms with Gasteiger partial charge in [-0.1, -0.05) is 52.0 Å². The van der Waals surface area contributed by atoms with Gasteiger partial charge in [-0.05, 0) is 67.5 Å². The minimum absolute atomic E-state index is 0.00463. The predicted octanol–water partition coefficient (Wildman–Crippen LogP) is 6.00. The maximum absolute atomic E-state index is 13.2. The van der Waals surface area contributed by atoms with E-state index in [0.29, 0.717) is 30.6 Å². The molecule has 0 bridgehead atoms. The molecule has 0 spiro atoms. The van der Waals surface area contributed by atoms with Crippen molar-refractivity contribution in [3.63, 3.8) is 0 Å². The zero-order valence-electron chi connectivity index (χ0n) is 22.5. The zero-order valence-corrected chi connectivity index (χ0v) is 22.5. The Bertz CT molecular complexity index is 1110. The molecule has 3 rings (SSSR count). The quantitative estimate of drug-likeness (QED) is 0.250. The highest BCUT2D eigenvalue weighted by atomic mass is 16.5. The molecule has 1 aliphatic rings. The van der Waals surface area contributed by atoms with Crippen molar-refractivity contribution in [2.24, 2.45) is 5.92 Å². The number of likely N-dealkylation sites (tertiary alicyclic amines) is 1. The molecule has 1 atom stereocenters. The number of carbonyl (C=O) groups excluding carboxylic acids is 2. The first-order chi connectivity index (χ1) is 17.0. The van der Waals surface area contributed by atoms with E-state index in [1.54, 1.807) is 18.2 Å². The van der Waals surface area contributed by atoms with E-state index in [1.165, 1.54) is 4.90 Å². The number of benzene rings is 2. The van der Waals surface area contributed by atoms with Crippen molar-refractivity contribution in [1.29, 1.82) is 0 Å². The van der Waals surface area contributed by atoms with Crippen molar-refractivity contribution in [2.75, 3.05) is 19.8 Å². The van der Waals surface area contributed by atoms with E-state index in [1.807, 2.05) is 45.0 Å². The molecule has 0 saturated carbocycles. The molecule has 2 aromatic rings. The number of aliphatic hydroxyl groups excluding tert-OH is 1. The van der Waals surface area contributed by atoms with Gasteiger partial charge in [-0.15, -0.1) is 0 Å². The lowest BCUT2D eigenvalue weighted by Crippen LogP contribution is -2.33. The number of hydrogen-bond donors (Lipinski definition) is 1. The third-order valence-corrected chi connectivity index (χ3v) is 6.26. The summed E-state index contributed by atoms with van der Waals surface area (Å²) in [5.41, 5.74) is 3.35. The van der Waals surface area contributed by atoms with Gasteiger partial charge in [-0.25, -0.2) is 0 Å². The number of aryl methyl sites for hydroxylation is 1. The lowest BCUT2D eigenvalue weighted by molar-refractivity contribution is -0.140. The molecule has 1 saturated heterocycles. The second kappa shape index (κ2) is 11.7. The van der Waals surface area contributed by atoms with Crippen molar-refractivity contribution in [2.45, 2.75) is 66.5 Å². The van der Waals surface area contributed by atoms with E-state index in [0.717, 1.165) is 22.4 Å². The Kier molecular flexibility index (Phi) is 8.96. The van der Waals surface area contributed by atoms with Crippen LogP contribution in [0.4, 0.5) is 0 Å². The van der Waals surface area contributed by atoms with Gasteiger partial charge in [0.05, 0.1) is 30.9 Å². The molecule has 36 heavy (non-hydrogen) atoms. The molecule has 194 valence electrons. The predicted molar refractivity (Wildman–Crippen MR) is 142 cm³/mol. The summed E-state index contributed by atoms with van der Waals surface area (Å²) in [7, 11) is 0. The van der Waals surface area contributed by atoms with Gasteiger partial charge in [-0.3, -0.25) is 9.59 Å². The van der Waals surface area contributed by atoms with E-state index in [9.17, 15) is 14.7 Å². The first-order valence-corrected chi connectivity index (χ1v) is 12.7. The molecule has 2 aromatic carbocycles. The minimum atomic E-state index is -0.695. The van der Waals surface area contributed by atoms with Crippen LogP contribution in [0, 0.1) is 12.8 Å². The molecule has 0 aromatic heterocycles. The van der Waals surface area contributed by atoms with Gasteiger partial charge in [0.2, 0.25) is 0 Å². The highest BCUT2D eigenvalue weighted by molar-refractivity contribution is 6.46. The standard InChI is InChI=1S/C30H39NO5/c1-18(2)17-36-25-13-12-24(16-21(25)7)28(32)26-27(23-10-8-22(9-11-23)19(3)4)31(30(34)29(26)33)14-15-35-20(5)6/h8-13,16,18-20,27,32H,14-15,17H2,1-7H3/b28-26-. The van der Waals surface area contributed by atoms with Gasteiger partial charge in [0.1, 0.15) is 11.5 Å². The Hall–Kier alpha value is -3.12. The average molecular weight is 494 g/mol. The van der Waals surface area contributed by atoms with Gasteiger partial charge in [0, 0.05) is 12.1 Å². The van der Waals surface area contributed by atoms with E-state index in [2.05, 4.69) is 27.7 Å². The van der Waals surface area contributed by atoms with Crippen LogP contribution in [0.1, 0.15) is 75.8 Å². The number of ketones is 1. The Morgan fingerprint density at radius 2 is 1.67 bits per heavy atom. The molecule has 1 unspecified atom stereocenters. The molecule has 6 nitrogen and oxygen atoms in total. The SMILES string of the molecule is Cc1cc(/C(O)=C2/C(=O)C(=O)N(CCOC(C)C)C2c2ccc(C(C)C)cc2)ccc1OCC(C)C. The van der Waals surface area contributed by atoms with Crippen molar-refractivity contribution in [1.82, 2.24) is 4.90 Å². The Balaban J connectivity index is 2.05. The Morgan fingerprint density at radius 1 is 1.00 bits per heavy atom. The Morgan fingerprint density at radius 3 is 2.22 bits per heavy atom. The van der Waals surface area contributed by atoms with Crippen LogP contribution >= 0.6 is 0 Å². The first kappa shape index (κ1) is 27.5. The fraction of sp³-hybridized carbons (Fsp3) is 0.467. The van der Waals surface area contributed by atoms with Crippen molar-refractivity contribution in [3.8, 4) is 5.75 Å². The second-order valence-corrected chi connectivity index (χ2v) is 10.4. The number of carbonyl (C=O) groups is 2. The zero-order chi connectivity index (χ0) is 26.6. The summed E-state index contributed by atoms with van der Waals surface area (Å²) in [5, 5.41) is 11.4. The molecular formula is C30H39NO5. The van der Waals surface area contributed by atoms with Gasteiger partial charge < -0.3 is 19.5 Å². The number of ether oxygens (including phenoxy) is 2. The maximum atomic E-state index is 13.2. The van der Waals surface area contributed by atoms with Crippen LogP contribution < -0.4 is 4.74 Å². The second-order valence-electron chi connectivity index (χ2n) is 10.4. The summed E-state index contributed by atoms with van der Waals surface area (Å²) >= 11 is 0. The third kappa shape index (κ3) is 6.16. The molecule has 0 aliphatic carbocycles. The van der Waals surface area contributed by atoms with E-state index in [-0.39, 0.29) is 24.0 Å². The number of aliphatic hydroxyl groups is 1. The summed E-state index contributed by atoms with van der Waals surface area (Å²) in [6.45, 7) is 15.3. The van der Waals surface area contributed by atoms with Crippen molar-refractivity contribution >= 4 is 17.4 Å². The number of nitrogens with zero attached hydrogens (tertiary/aromatic N) is 1. The van der Waals surface area contributed by atoms with Crippen molar-refractivity contribution < 1.29 is 24.2 Å². The number of hydrogen-bond acceptors (Lipinski definition) is 5. The van der Waals surface area contributed by atoms with Crippen LogP contribution in [0.2, 0.25) is 0 Å². The van der Waals surface area contributed by atoms with Crippen LogP contribution in [-0.2, 0) is 14.3 Å². The summed E-state index contributed by atoms with van der Waals surface area (Å²) in [4.78, 5) is 27.9. The van der Waals surface area contributed by atoms with Crippen LogP contribution in [-0.4, -0.2) is 47.6 Å². The van der Waals surface area contributed by atoms with Gasteiger partial charge in [0.15, 0.2) is 0 Å². The number of amides is 1. The smallest absolute Gasteiger partial charge is 0.295 e. The lowest BCUT2D eigenvalue weighted by atomic mass is 9.93. The molecule has 1 aliphatic heterocycles. The molecule has 1 N–H and O–H groups in total. The van der Waals surface area contributed by atoms with Crippen LogP contribution in [0.15, 0.2) is 48.0 Å². The van der Waals surface area contributed by atoms with E-state index >= 15 is 0 Å². The van der Waals surface area contributed by atoms with E-state index < -0.39 is 17.7 Å². The topological polar surface area (TPSA) is 76.1 Å². The third-order valence-electron chi connectivity index (χ3n) is 6.26. The highest BCUT2D eigenvalue weighted by Gasteiger charge is 2.46. The molecule has 6 heteroatoms. The summed E-state index contributed by atoms with van der Waals surface area (Å²) in [5.74, 6) is -0.0351. The molecular weight excluding hydrogens is 454 g/mol. The van der Waals surface area contributed by atoms with E-state index in [4.69, 9.17) is 9.47 Å².